The van der Waals surface area contributed by atoms with Crippen LogP contribution in [0.5, 0.6) is 0 Å². The number of ether oxygens (including phenoxy) is 1. The molecule has 1 aliphatic heterocycles. The number of aliphatic hydroxyl groups excluding tert-OH is 1. The van der Waals surface area contributed by atoms with Crippen LogP contribution in [-0.2, 0) is 21.4 Å². The van der Waals surface area contributed by atoms with Gasteiger partial charge in [-0.3, -0.25) is 4.79 Å². The van der Waals surface area contributed by atoms with Crippen LogP contribution in [0.25, 0.3) is 0 Å². The lowest BCUT2D eigenvalue weighted by atomic mass is 9.51. The van der Waals surface area contributed by atoms with Gasteiger partial charge in [-0.1, -0.05) is 39.0 Å². The molecule has 2 bridgehead atoms. The second-order valence-electron chi connectivity index (χ2n) is 10.4. The normalized spacial score (nSPS) is 34.4. The molecule has 1 saturated heterocycles. The molecule has 4 heteroatoms. The van der Waals surface area contributed by atoms with Crippen molar-refractivity contribution in [3.05, 3.63) is 34.9 Å². The Labute approximate surface area is 175 Å². The molecule has 0 spiro atoms. The first kappa shape index (κ1) is 20.9. The van der Waals surface area contributed by atoms with Crippen molar-refractivity contribution in [3.8, 4) is 0 Å². The number of hydrogen-bond donors (Lipinski definition) is 1. The van der Waals surface area contributed by atoms with Gasteiger partial charge in [0.25, 0.3) is 0 Å². The van der Waals surface area contributed by atoms with Crippen LogP contribution in [0.3, 0.4) is 0 Å². The summed E-state index contributed by atoms with van der Waals surface area (Å²) in [5, 5.41) is 10.1. The van der Waals surface area contributed by atoms with Crippen LogP contribution in [-0.4, -0.2) is 41.7 Å². The van der Waals surface area contributed by atoms with Crippen LogP contribution in [0.4, 0.5) is 0 Å². The Balaban J connectivity index is 1.64. The molecular formula is C25H37NO3. The molecule has 4 nitrogen and oxygen atoms in total. The summed E-state index contributed by atoms with van der Waals surface area (Å²) in [5.74, 6) is 0.501. The SMILES string of the molecule is COC1CCC(C(=O)N2CC[C@@]3(C)c4ccc(C(C)O)cc4C[C@@H]2C3(C)C)CC1. The first-order valence-corrected chi connectivity index (χ1v) is 11.3. The number of amides is 1. The number of likely N-dealkylation sites (tertiary alicyclic amines) is 1. The van der Waals surface area contributed by atoms with Gasteiger partial charge in [-0.05, 0) is 67.6 Å². The van der Waals surface area contributed by atoms with Crippen LogP contribution >= 0.6 is 0 Å². The molecule has 0 radical (unpaired) electrons. The number of nitrogens with zero attached hydrogens (tertiary/aromatic N) is 1. The van der Waals surface area contributed by atoms with E-state index in [0.29, 0.717) is 12.0 Å². The molecule has 1 aromatic rings. The van der Waals surface area contributed by atoms with Gasteiger partial charge in [0.05, 0.1) is 12.2 Å². The number of aliphatic hydroxyl groups is 1. The van der Waals surface area contributed by atoms with Gasteiger partial charge < -0.3 is 14.7 Å². The van der Waals surface area contributed by atoms with Crippen LogP contribution in [0.15, 0.2) is 18.2 Å². The van der Waals surface area contributed by atoms with Crippen molar-refractivity contribution in [2.24, 2.45) is 11.3 Å². The molecule has 29 heavy (non-hydrogen) atoms. The van der Waals surface area contributed by atoms with Crippen LogP contribution < -0.4 is 0 Å². The molecule has 3 atom stereocenters. The minimum absolute atomic E-state index is 0.0178. The number of methoxy groups -OCH3 is 1. The number of benzene rings is 1. The molecule has 1 aromatic carbocycles. The van der Waals surface area contributed by atoms with Crippen LogP contribution in [0.1, 0.15) is 82.6 Å². The third-order valence-electron chi connectivity index (χ3n) is 8.74. The molecule has 2 fully saturated rings. The minimum atomic E-state index is -0.461. The molecule has 0 aromatic heterocycles. The van der Waals surface area contributed by atoms with Crippen molar-refractivity contribution in [2.75, 3.05) is 13.7 Å². The largest absolute Gasteiger partial charge is 0.389 e. The van der Waals surface area contributed by atoms with E-state index in [2.05, 4.69) is 43.9 Å². The van der Waals surface area contributed by atoms with Crippen LogP contribution in [0.2, 0.25) is 0 Å². The second-order valence-corrected chi connectivity index (χ2v) is 10.4. The third-order valence-corrected chi connectivity index (χ3v) is 8.74. The number of rotatable bonds is 3. The quantitative estimate of drug-likeness (QED) is 0.820. The smallest absolute Gasteiger partial charge is 0.225 e. The average molecular weight is 400 g/mol. The molecule has 1 saturated carbocycles. The zero-order valence-corrected chi connectivity index (χ0v) is 18.7. The summed E-state index contributed by atoms with van der Waals surface area (Å²) < 4.78 is 5.50. The summed E-state index contributed by atoms with van der Waals surface area (Å²) >= 11 is 0. The van der Waals surface area contributed by atoms with E-state index in [-0.39, 0.29) is 22.8 Å². The highest BCUT2D eigenvalue weighted by atomic mass is 16.5. The lowest BCUT2D eigenvalue weighted by Gasteiger charge is -2.61. The van der Waals surface area contributed by atoms with Crippen molar-refractivity contribution < 1.29 is 14.6 Å². The Bertz CT molecular complexity index is 778. The Hall–Kier alpha value is -1.39. The molecule has 2 aliphatic carbocycles. The van der Waals surface area contributed by atoms with E-state index >= 15 is 0 Å². The van der Waals surface area contributed by atoms with E-state index in [4.69, 9.17) is 4.74 Å². The number of piperidine rings is 1. The fourth-order valence-corrected chi connectivity index (χ4v) is 6.26. The maximum absolute atomic E-state index is 13.6. The summed E-state index contributed by atoms with van der Waals surface area (Å²) in [6, 6.07) is 6.71. The van der Waals surface area contributed by atoms with Gasteiger partial charge >= 0.3 is 0 Å². The highest BCUT2D eigenvalue weighted by Crippen LogP contribution is 2.56. The van der Waals surface area contributed by atoms with Crippen molar-refractivity contribution in [2.45, 2.75) is 89.9 Å². The van der Waals surface area contributed by atoms with Crippen molar-refractivity contribution in [1.82, 2.24) is 4.90 Å². The standard InChI is InChI=1S/C25H37NO3/c1-16(27)18-8-11-21-19(14-18)15-22-24(2,3)25(21,4)12-13-26(22)23(28)17-6-9-20(29-5)10-7-17/h8,11,14,16-17,20,22,27H,6-7,9-10,12-13,15H2,1-5H3/t16?,17?,20?,22-,25+/m1/s1. The highest BCUT2D eigenvalue weighted by molar-refractivity contribution is 5.80. The Morgan fingerprint density at radius 2 is 1.90 bits per heavy atom. The average Bonchev–Trinajstić information content (AvgIpc) is 2.70. The molecule has 3 aliphatic rings. The monoisotopic (exact) mass is 399 g/mol. The Kier molecular flexibility index (Phi) is 5.31. The topological polar surface area (TPSA) is 49.8 Å². The maximum atomic E-state index is 13.6. The lowest BCUT2D eigenvalue weighted by Crippen LogP contribution is -2.65. The highest BCUT2D eigenvalue weighted by Gasteiger charge is 2.57. The second kappa shape index (κ2) is 7.39. The van der Waals surface area contributed by atoms with Gasteiger partial charge in [-0.2, -0.15) is 0 Å². The summed E-state index contributed by atoms with van der Waals surface area (Å²) in [7, 11) is 1.78. The summed E-state index contributed by atoms with van der Waals surface area (Å²) in [6.45, 7) is 9.76. The fraction of sp³-hybridized carbons (Fsp3) is 0.720. The van der Waals surface area contributed by atoms with Gasteiger partial charge in [0, 0.05) is 31.0 Å². The summed E-state index contributed by atoms with van der Waals surface area (Å²) in [6.07, 6.45) is 5.62. The lowest BCUT2D eigenvalue weighted by molar-refractivity contribution is -0.150. The maximum Gasteiger partial charge on any atom is 0.225 e. The summed E-state index contributed by atoms with van der Waals surface area (Å²) in [5.41, 5.74) is 3.77. The molecule has 160 valence electrons. The van der Waals surface area contributed by atoms with Gasteiger partial charge in [0.1, 0.15) is 0 Å². The summed E-state index contributed by atoms with van der Waals surface area (Å²) in [4.78, 5) is 15.8. The minimum Gasteiger partial charge on any atom is -0.389 e. The molecule has 1 amide bonds. The third kappa shape index (κ3) is 3.23. The van der Waals surface area contributed by atoms with Crippen LogP contribution in [0, 0.1) is 11.3 Å². The predicted octanol–water partition coefficient (Wildman–Crippen LogP) is 4.39. The Morgan fingerprint density at radius 1 is 1.21 bits per heavy atom. The zero-order chi connectivity index (χ0) is 21.0. The van der Waals surface area contributed by atoms with E-state index in [9.17, 15) is 9.90 Å². The van der Waals surface area contributed by atoms with Crippen molar-refractivity contribution in [3.63, 3.8) is 0 Å². The molecule has 1 heterocycles. The zero-order valence-electron chi connectivity index (χ0n) is 18.7. The first-order chi connectivity index (χ1) is 13.7. The number of carbonyl (C=O) groups excluding carboxylic acids is 1. The van der Waals surface area contributed by atoms with Crippen molar-refractivity contribution >= 4 is 5.91 Å². The predicted molar refractivity (Wildman–Crippen MR) is 115 cm³/mol. The number of hydrogen-bond acceptors (Lipinski definition) is 3. The van der Waals surface area contributed by atoms with Gasteiger partial charge in [0.2, 0.25) is 5.91 Å². The van der Waals surface area contributed by atoms with E-state index in [1.54, 1.807) is 7.11 Å². The first-order valence-electron chi connectivity index (χ1n) is 11.3. The Morgan fingerprint density at radius 3 is 2.52 bits per heavy atom. The van der Waals surface area contributed by atoms with E-state index < -0.39 is 6.10 Å². The van der Waals surface area contributed by atoms with E-state index in [1.807, 2.05) is 6.92 Å². The van der Waals surface area contributed by atoms with E-state index in [1.165, 1.54) is 11.1 Å². The van der Waals surface area contributed by atoms with Gasteiger partial charge in [-0.15, -0.1) is 0 Å². The number of carbonyl (C=O) groups is 1. The fourth-order valence-electron chi connectivity index (χ4n) is 6.26. The number of fused-ring (bicyclic) bond motifs is 4. The van der Waals surface area contributed by atoms with E-state index in [0.717, 1.165) is 50.6 Å². The van der Waals surface area contributed by atoms with Gasteiger partial charge in [-0.25, -0.2) is 0 Å². The molecule has 1 N–H and O–H groups in total. The molecular weight excluding hydrogens is 362 g/mol. The molecule has 4 rings (SSSR count). The van der Waals surface area contributed by atoms with Gasteiger partial charge in [0.15, 0.2) is 0 Å². The molecule has 1 unspecified atom stereocenters. The van der Waals surface area contributed by atoms with Crippen molar-refractivity contribution in [1.29, 1.82) is 0 Å².